The Bertz CT molecular complexity index is 413. The van der Waals surface area contributed by atoms with Gasteiger partial charge in [-0.1, -0.05) is 23.2 Å². The zero-order valence-electron chi connectivity index (χ0n) is 10.4. The number of rotatable bonds is 3. The smallest absolute Gasteiger partial charge is 0.129 e. The highest BCUT2D eigenvalue weighted by Gasteiger charge is 2.24. The molecule has 1 fully saturated rings. The quantitative estimate of drug-likeness (QED) is 0.856. The summed E-state index contributed by atoms with van der Waals surface area (Å²) in [6.07, 6.45) is 0. The van der Waals surface area contributed by atoms with Gasteiger partial charge in [-0.25, -0.2) is 4.98 Å². The number of nitrogens with zero attached hydrogens (tertiary/aromatic N) is 3. The zero-order chi connectivity index (χ0) is 13.1. The summed E-state index contributed by atoms with van der Waals surface area (Å²) >= 11 is 12.1. The highest BCUT2D eigenvalue weighted by molar-refractivity contribution is 6.32. The zero-order valence-corrected chi connectivity index (χ0v) is 12.0. The molecule has 0 amide bonds. The molecule has 0 radical (unpaired) electrons. The number of aromatic nitrogens is 1. The Hall–Kier alpha value is -0.390. The topological polar surface area (TPSA) is 45.4 Å². The average molecular weight is 289 g/mol. The van der Waals surface area contributed by atoms with Crippen molar-refractivity contribution in [1.29, 1.82) is 0 Å². The highest BCUT2D eigenvalue weighted by atomic mass is 35.5. The molecule has 2 rings (SSSR count). The lowest BCUT2D eigenvalue weighted by Gasteiger charge is -2.39. The number of piperazine rings is 1. The molecule has 1 unspecified atom stereocenters. The summed E-state index contributed by atoms with van der Waals surface area (Å²) in [5.41, 5.74) is 6.66. The van der Waals surface area contributed by atoms with Crippen molar-refractivity contribution in [3.05, 3.63) is 28.0 Å². The first-order chi connectivity index (χ1) is 8.60. The van der Waals surface area contributed by atoms with E-state index in [0.717, 1.165) is 25.3 Å². The number of hydrogen-bond acceptors (Lipinski definition) is 4. The molecule has 100 valence electrons. The third-order valence-corrected chi connectivity index (χ3v) is 3.87. The fraction of sp³-hybridized carbons (Fsp3) is 0.583. The standard InChI is InChI=1S/C12H18Cl2N4/c1-17-4-5-18(9(6-15)7-17)8-11-10(13)2-3-12(14)16-11/h2-3,9H,4-8,15H2,1H3. The SMILES string of the molecule is CN1CCN(Cc2nc(Cl)ccc2Cl)C(CN)C1. The van der Waals surface area contributed by atoms with Crippen molar-refractivity contribution in [2.45, 2.75) is 12.6 Å². The maximum Gasteiger partial charge on any atom is 0.129 e. The largest absolute Gasteiger partial charge is 0.329 e. The third kappa shape index (κ3) is 3.33. The van der Waals surface area contributed by atoms with Crippen LogP contribution in [0.3, 0.4) is 0 Å². The van der Waals surface area contributed by atoms with Crippen molar-refractivity contribution >= 4 is 23.2 Å². The molecule has 1 aromatic rings. The first-order valence-corrected chi connectivity index (χ1v) is 6.79. The van der Waals surface area contributed by atoms with Gasteiger partial charge in [0.15, 0.2) is 0 Å². The van der Waals surface area contributed by atoms with Gasteiger partial charge in [-0.3, -0.25) is 4.90 Å². The Morgan fingerprint density at radius 3 is 2.89 bits per heavy atom. The average Bonchev–Trinajstić information content (AvgIpc) is 2.36. The van der Waals surface area contributed by atoms with E-state index in [4.69, 9.17) is 28.9 Å². The van der Waals surface area contributed by atoms with Gasteiger partial charge in [0.2, 0.25) is 0 Å². The minimum Gasteiger partial charge on any atom is -0.329 e. The van der Waals surface area contributed by atoms with Crippen molar-refractivity contribution in [3.63, 3.8) is 0 Å². The van der Waals surface area contributed by atoms with E-state index < -0.39 is 0 Å². The van der Waals surface area contributed by atoms with E-state index in [0.29, 0.717) is 29.3 Å². The molecule has 1 saturated heterocycles. The van der Waals surface area contributed by atoms with Crippen molar-refractivity contribution in [1.82, 2.24) is 14.8 Å². The molecule has 6 heteroatoms. The molecular weight excluding hydrogens is 271 g/mol. The Morgan fingerprint density at radius 1 is 1.39 bits per heavy atom. The third-order valence-electron chi connectivity index (χ3n) is 3.32. The summed E-state index contributed by atoms with van der Waals surface area (Å²) in [6.45, 7) is 4.34. The van der Waals surface area contributed by atoms with E-state index in [-0.39, 0.29) is 0 Å². The molecular formula is C12H18Cl2N4. The molecule has 2 N–H and O–H groups in total. The van der Waals surface area contributed by atoms with Crippen LogP contribution in [0.25, 0.3) is 0 Å². The van der Waals surface area contributed by atoms with Crippen LogP contribution in [0.1, 0.15) is 5.69 Å². The van der Waals surface area contributed by atoms with Gasteiger partial charge < -0.3 is 10.6 Å². The normalized spacial score (nSPS) is 22.3. The van der Waals surface area contributed by atoms with Gasteiger partial charge in [-0.15, -0.1) is 0 Å². The van der Waals surface area contributed by atoms with Crippen molar-refractivity contribution in [2.75, 3.05) is 33.2 Å². The fourth-order valence-corrected chi connectivity index (χ4v) is 2.57. The van der Waals surface area contributed by atoms with Gasteiger partial charge >= 0.3 is 0 Å². The van der Waals surface area contributed by atoms with Crippen molar-refractivity contribution < 1.29 is 0 Å². The van der Waals surface area contributed by atoms with Gasteiger partial charge in [0.05, 0.1) is 10.7 Å². The molecule has 18 heavy (non-hydrogen) atoms. The lowest BCUT2D eigenvalue weighted by atomic mass is 10.1. The van der Waals surface area contributed by atoms with Crippen LogP contribution in [-0.4, -0.2) is 54.1 Å². The minimum absolute atomic E-state index is 0.348. The van der Waals surface area contributed by atoms with Crippen LogP contribution in [0, 0.1) is 0 Å². The molecule has 1 aliphatic heterocycles. The monoisotopic (exact) mass is 288 g/mol. The predicted molar refractivity (Wildman–Crippen MR) is 75.0 cm³/mol. The predicted octanol–water partition coefficient (Wildman–Crippen LogP) is 1.46. The lowest BCUT2D eigenvalue weighted by molar-refractivity contribution is 0.0870. The summed E-state index contributed by atoms with van der Waals surface area (Å²) in [5, 5.41) is 1.14. The number of likely N-dealkylation sites (N-methyl/N-ethyl adjacent to an activating group) is 1. The van der Waals surface area contributed by atoms with Gasteiger partial charge in [-0.2, -0.15) is 0 Å². The number of pyridine rings is 1. The Kier molecular flexibility index (Phi) is 4.81. The van der Waals surface area contributed by atoms with E-state index in [1.807, 2.05) is 0 Å². The van der Waals surface area contributed by atoms with Crippen molar-refractivity contribution in [3.8, 4) is 0 Å². The van der Waals surface area contributed by atoms with Crippen LogP contribution in [0.15, 0.2) is 12.1 Å². The molecule has 1 atom stereocenters. The van der Waals surface area contributed by atoms with E-state index >= 15 is 0 Å². The molecule has 2 heterocycles. The Labute approximate surface area is 118 Å². The molecule has 4 nitrogen and oxygen atoms in total. The van der Waals surface area contributed by atoms with Gasteiger partial charge in [-0.05, 0) is 19.2 Å². The van der Waals surface area contributed by atoms with Gasteiger partial charge in [0.1, 0.15) is 5.15 Å². The van der Waals surface area contributed by atoms with E-state index in [9.17, 15) is 0 Å². The summed E-state index contributed by atoms with van der Waals surface area (Å²) in [4.78, 5) is 8.91. The molecule has 1 aromatic heterocycles. The Morgan fingerprint density at radius 2 is 2.17 bits per heavy atom. The van der Waals surface area contributed by atoms with E-state index in [2.05, 4.69) is 21.8 Å². The van der Waals surface area contributed by atoms with E-state index in [1.165, 1.54) is 0 Å². The lowest BCUT2D eigenvalue weighted by Crippen LogP contribution is -2.54. The molecule has 0 bridgehead atoms. The van der Waals surface area contributed by atoms with E-state index in [1.54, 1.807) is 12.1 Å². The Balaban J connectivity index is 2.10. The van der Waals surface area contributed by atoms with Gasteiger partial charge in [0.25, 0.3) is 0 Å². The molecule has 0 spiro atoms. The summed E-state index contributed by atoms with van der Waals surface area (Å²) < 4.78 is 0. The fourth-order valence-electron chi connectivity index (χ4n) is 2.24. The maximum atomic E-state index is 6.15. The van der Waals surface area contributed by atoms with Crippen LogP contribution in [0.4, 0.5) is 0 Å². The summed E-state index contributed by atoms with van der Waals surface area (Å²) in [5.74, 6) is 0. The second-order valence-electron chi connectivity index (χ2n) is 4.68. The number of hydrogen-bond donors (Lipinski definition) is 1. The maximum absolute atomic E-state index is 6.15. The molecule has 0 saturated carbocycles. The first-order valence-electron chi connectivity index (χ1n) is 6.03. The molecule has 0 aromatic carbocycles. The minimum atomic E-state index is 0.348. The number of nitrogens with two attached hydrogens (primary N) is 1. The second-order valence-corrected chi connectivity index (χ2v) is 5.48. The molecule has 1 aliphatic rings. The summed E-state index contributed by atoms with van der Waals surface area (Å²) in [7, 11) is 2.12. The number of halogens is 2. The summed E-state index contributed by atoms with van der Waals surface area (Å²) in [6, 6.07) is 3.85. The van der Waals surface area contributed by atoms with Crippen LogP contribution < -0.4 is 5.73 Å². The first kappa shape index (κ1) is 14.0. The molecule has 0 aliphatic carbocycles. The second kappa shape index (κ2) is 6.17. The van der Waals surface area contributed by atoms with Crippen LogP contribution in [0.5, 0.6) is 0 Å². The highest BCUT2D eigenvalue weighted by Crippen LogP contribution is 2.20. The van der Waals surface area contributed by atoms with Crippen LogP contribution in [0.2, 0.25) is 10.2 Å². The van der Waals surface area contributed by atoms with Crippen LogP contribution >= 0.6 is 23.2 Å². The van der Waals surface area contributed by atoms with Crippen molar-refractivity contribution in [2.24, 2.45) is 5.73 Å². The van der Waals surface area contributed by atoms with Crippen LogP contribution in [-0.2, 0) is 6.54 Å². The van der Waals surface area contributed by atoms with Gasteiger partial charge in [0, 0.05) is 38.8 Å².